The maximum atomic E-state index is 11.4. The number of urea groups is 1. The van der Waals surface area contributed by atoms with Gasteiger partial charge in [0.05, 0.1) is 24.4 Å². The minimum Gasteiger partial charge on any atom is -0.481 e. The molecule has 4 heterocycles. The molecule has 0 saturated carbocycles. The maximum absolute atomic E-state index is 11.4. The topological polar surface area (TPSA) is 116 Å². The normalized spacial score (nSPS) is 11.7. The molecule has 0 fully saturated rings. The number of nitrogens with zero attached hydrogens (tertiary/aromatic N) is 4. The number of carbonyl (C=O) groups excluding carboxylic acids is 1. The fourth-order valence-corrected chi connectivity index (χ4v) is 3.73. The fourth-order valence-electron chi connectivity index (χ4n) is 3.73. The monoisotopic (exact) mass is 426 g/mol. The molecule has 160 valence electrons. The lowest BCUT2D eigenvalue weighted by molar-refractivity contribution is 0.259. The Hall–Kier alpha value is -4.33. The number of rotatable bonds is 7. The molecule has 0 radical (unpaired) electrons. The number of hydrogen-bond donors (Lipinski definition) is 2. The van der Waals surface area contributed by atoms with E-state index in [4.69, 9.17) is 15.5 Å². The summed E-state index contributed by atoms with van der Waals surface area (Å²) < 4.78 is 5.38. The number of aromatic nitrogens is 4. The van der Waals surface area contributed by atoms with Crippen LogP contribution in [0.25, 0.3) is 0 Å². The zero-order valence-electron chi connectivity index (χ0n) is 17.4. The highest BCUT2D eigenvalue weighted by Gasteiger charge is 2.31. The van der Waals surface area contributed by atoms with Crippen LogP contribution in [0.1, 0.15) is 34.4 Å². The second-order valence-corrected chi connectivity index (χ2v) is 7.07. The van der Waals surface area contributed by atoms with E-state index in [1.165, 1.54) is 0 Å². The van der Waals surface area contributed by atoms with Crippen molar-refractivity contribution in [3.05, 3.63) is 108 Å². The van der Waals surface area contributed by atoms with E-state index < -0.39 is 6.03 Å². The van der Waals surface area contributed by atoms with Gasteiger partial charge in [-0.3, -0.25) is 15.3 Å². The number of anilines is 1. The molecule has 8 heteroatoms. The van der Waals surface area contributed by atoms with Crippen LogP contribution in [-0.2, 0) is 0 Å². The first-order chi connectivity index (χ1) is 15.7. The minimum atomic E-state index is -0.679. The van der Waals surface area contributed by atoms with E-state index in [-0.39, 0.29) is 11.8 Å². The highest BCUT2D eigenvalue weighted by atomic mass is 16.5. The standard InChI is InChI=1S/C24H22N6O2/c1-32-21-11-3-9-19(29-21)23(18-8-2-10-20(28-18)30-24(25)31)22(16-6-4-12-26-14-16)17-7-5-13-27-15-17/h2-15,22-23H,1H3,(H3,25,28,30,31). The Morgan fingerprint density at radius 3 is 2.03 bits per heavy atom. The van der Waals surface area contributed by atoms with Crippen LogP contribution in [0.15, 0.2) is 85.5 Å². The van der Waals surface area contributed by atoms with E-state index in [2.05, 4.69) is 20.3 Å². The van der Waals surface area contributed by atoms with E-state index in [1.807, 2.05) is 60.9 Å². The highest BCUT2D eigenvalue weighted by Crippen LogP contribution is 2.41. The van der Waals surface area contributed by atoms with Crippen LogP contribution in [-0.4, -0.2) is 33.1 Å². The molecule has 1 unspecified atom stereocenters. The Morgan fingerprint density at radius 2 is 1.47 bits per heavy atom. The number of pyridine rings is 4. The third-order valence-electron chi connectivity index (χ3n) is 5.03. The molecule has 4 aromatic heterocycles. The molecule has 0 aliphatic rings. The highest BCUT2D eigenvalue weighted by molar-refractivity contribution is 5.86. The van der Waals surface area contributed by atoms with E-state index in [0.29, 0.717) is 17.4 Å². The molecule has 4 aromatic rings. The molecule has 0 spiro atoms. The number of nitrogens with one attached hydrogen (secondary N) is 1. The smallest absolute Gasteiger partial charge is 0.317 e. The molecule has 0 aliphatic carbocycles. The predicted octanol–water partition coefficient (Wildman–Crippen LogP) is 3.73. The molecule has 0 aliphatic heterocycles. The Morgan fingerprint density at radius 1 is 0.844 bits per heavy atom. The molecule has 8 nitrogen and oxygen atoms in total. The Kier molecular flexibility index (Phi) is 6.31. The summed E-state index contributed by atoms with van der Waals surface area (Å²) in [5, 5.41) is 2.55. The molecular weight excluding hydrogens is 404 g/mol. The molecule has 4 rings (SSSR count). The third-order valence-corrected chi connectivity index (χ3v) is 5.03. The van der Waals surface area contributed by atoms with Gasteiger partial charge in [-0.15, -0.1) is 0 Å². The fraction of sp³-hybridized carbons (Fsp3) is 0.125. The van der Waals surface area contributed by atoms with Gasteiger partial charge >= 0.3 is 6.03 Å². The van der Waals surface area contributed by atoms with Gasteiger partial charge in [0, 0.05) is 36.8 Å². The SMILES string of the molecule is COc1cccc(C(c2cccc(NC(N)=O)n2)C(c2cccnc2)c2cccnc2)n1. The van der Waals surface area contributed by atoms with Crippen molar-refractivity contribution in [2.24, 2.45) is 5.73 Å². The second-order valence-electron chi connectivity index (χ2n) is 7.07. The van der Waals surface area contributed by atoms with Gasteiger partial charge in [-0.05, 0) is 41.5 Å². The Labute approximate surface area is 185 Å². The molecule has 0 aromatic carbocycles. The minimum absolute atomic E-state index is 0.201. The molecule has 3 N–H and O–H groups in total. The molecular formula is C24H22N6O2. The first-order valence-corrected chi connectivity index (χ1v) is 10.00. The first-order valence-electron chi connectivity index (χ1n) is 10.00. The van der Waals surface area contributed by atoms with Crippen LogP contribution >= 0.6 is 0 Å². The summed E-state index contributed by atoms with van der Waals surface area (Å²) in [6.45, 7) is 0. The van der Waals surface area contributed by atoms with Crippen molar-refractivity contribution in [3.63, 3.8) is 0 Å². The summed E-state index contributed by atoms with van der Waals surface area (Å²) >= 11 is 0. The van der Waals surface area contributed by atoms with Gasteiger partial charge in [-0.2, -0.15) is 0 Å². The van der Waals surface area contributed by atoms with Crippen molar-refractivity contribution in [1.82, 2.24) is 19.9 Å². The van der Waals surface area contributed by atoms with Crippen LogP contribution in [0.4, 0.5) is 10.6 Å². The predicted molar refractivity (Wildman–Crippen MR) is 120 cm³/mol. The number of amides is 2. The van der Waals surface area contributed by atoms with Gasteiger partial charge in [-0.25, -0.2) is 14.8 Å². The second kappa shape index (κ2) is 9.65. The van der Waals surface area contributed by atoms with Gasteiger partial charge in [0.25, 0.3) is 0 Å². The van der Waals surface area contributed by atoms with Crippen molar-refractivity contribution in [1.29, 1.82) is 0 Å². The molecule has 2 amide bonds. The van der Waals surface area contributed by atoms with E-state index in [9.17, 15) is 4.79 Å². The average Bonchev–Trinajstić information content (AvgIpc) is 2.83. The number of methoxy groups -OCH3 is 1. The summed E-state index contributed by atoms with van der Waals surface area (Å²) in [4.78, 5) is 29.5. The zero-order valence-corrected chi connectivity index (χ0v) is 17.4. The van der Waals surface area contributed by atoms with Crippen molar-refractivity contribution in [2.45, 2.75) is 11.8 Å². The number of carbonyl (C=O) groups is 1. The lowest BCUT2D eigenvalue weighted by atomic mass is 9.78. The van der Waals surface area contributed by atoms with Crippen LogP contribution in [0.3, 0.4) is 0 Å². The number of hydrogen-bond acceptors (Lipinski definition) is 6. The van der Waals surface area contributed by atoms with Crippen LogP contribution < -0.4 is 15.8 Å². The molecule has 0 saturated heterocycles. The zero-order chi connectivity index (χ0) is 22.3. The average molecular weight is 426 g/mol. The van der Waals surface area contributed by atoms with Gasteiger partial charge in [0.15, 0.2) is 0 Å². The quantitative estimate of drug-likeness (QED) is 0.465. The maximum Gasteiger partial charge on any atom is 0.317 e. The van der Waals surface area contributed by atoms with E-state index in [0.717, 1.165) is 16.8 Å². The van der Waals surface area contributed by atoms with Gasteiger partial charge in [0.1, 0.15) is 5.82 Å². The summed E-state index contributed by atoms with van der Waals surface area (Å²) in [5.41, 5.74) is 8.72. The molecule has 32 heavy (non-hydrogen) atoms. The van der Waals surface area contributed by atoms with Gasteiger partial charge < -0.3 is 10.5 Å². The molecule has 1 atom stereocenters. The van der Waals surface area contributed by atoms with Crippen molar-refractivity contribution >= 4 is 11.8 Å². The summed E-state index contributed by atoms with van der Waals surface area (Å²) in [6.07, 6.45) is 7.13. The van der Waals surface area contributed by atoms with E-state index in [1.54, 1.807) is 31.6 Å². The first kappa shape index (κ1) is 20.9. The molecule has 0 bridgehead atoms. The van der Waals surface area contributed by atoms with Crippen LogP contribution in [0.2, 0.25) is 0 Å². The van der Waals surface area contributed by atoms with Crippen molar-refractivity contribution < 1.29 is 9.53 Å². The van der Waals surface area contributed by atoms with Crippen LogP contribution in [0.5, 0.6) is 5.88 Å². The lowest BCUT2D eigenvalue weighted by Crippen LogP contribution is -2.21. The van der Waals surface area contributed by atoms with Gasteiger partial charge in [0.2, 0.25) is 5.88 Å². The Bertz CT molecular complexity index is 1150. The number of ether oxygens (including phenoxy) is 1. The van der Waals surface area contributed by atoms with E-state index >= 15 is 0 Å². The van der Waals surface area contributed by atoms with Crippen molar-refractivity contribution in [2.75, 3.05) is 12.4 Å². The van der Waals surface area contributed by atoms with Gasteiger partial charge in [-0.1, -0.05) is 24.3 Å². The summed E-state index contributed by atoms with van der Waals surface area (Å²) in [7, 11) is 1.58. The lowest BCUT2D eigenvalue weighted by Gasteiger charge is -2.27. The van der Waals surface area contributed by atoms with Crippen LogP contribution in [0, 0.1) is 0 Å². The van der Waals surface area contributed by atoms with Crippen molar-refractivity contribution in [3.8, 4) is 5.88 Å². The largest absolute Gasteiger partial charge is 0.481 e. The number of nitrogens with two attached hydrogens (primary N) is 1. The summed E-state index contributed by atoms with van der Waals surface area (Å²) in [5.74, 6) is 0.329. The third kappa shape index (κ3) is 4.70. The summed E-state index contributed by atoms with van der Waals surface area (Å²) in [6, 6.07) is 18.2. The number of primary amides is 1. The Balaban J connectivity index is 1.93.